The molecule has 1 rings (SSSR count). The number of hydrogen-bond donors (Lipinski definition) is 2. The van der Waals surface area contributed by atoms with Gasteiger partial charge in [-0.25, -0.2) is 0 Å². The Morgan fingerprint density at radius 1 is 1.44 bits per heavy atom. The van der Waals surface area contributed by atoms with E-state index in [1.807, 2.05) is 6.07 Å². The number of hydrogen-bond acceptors (Lipinski definition) is 3. The molecule has 0 radical (unpaired) electrons. The first-order valence-corrected chi connectivity index (χ1v) is 5.53. The smallest absolute Gasteiger partial charge is 0.303 e. The number of carbonyl (C=O) groups excluding carboxylic acids is 1. The number of amides is 1. The second-order valence-corrected chi connectivity index (χ2v) is 4.15. The number of carboxylic acids is 1. The van der Waals surface area contributed by atoms with Crippen LogP contribution in [0.15, 0.2) is 24.3 Å². The zero-order valence-corrected chi connectivity index (χ0v) is 10.0. The summed E-state index contributed by atoms with van der Waals surface area (Å²) in [4.78, 5) is 22.1. The van der Waals surface area contributed by atoms with E-state index in [1.165, 1.54) is 0 Å². The molecule has 1 aromatic carbocycles. The molecule has 2 N–H and O–H groups in total. The minimum Gasteiger partial charge on any atom is -0.481 e. The van der Waals surface area contributed by atoms with Gasteiger partial charge in [0.2, 0.25) is 5.91 Å². The van der Waals surface area contributed by atoms with Crippen LogP contribution in [0, 0.1) is 17.2 Å². The summed E-state index contributed by atoms with van der Waals surface area (Å²) in [6, 6.07) is 8.55. The fourth-order valence-corrected chi connectivity index (χ4v) is 1.57. The van der Waals surface area contributed by atoms with Gasteiger partial charge in [0.1, 0.15) is 0 Å². The van der Waals surface area contributed by atoms with E-state index in [0.29, 0.717) is 11.3 Å². The van der Waals surface area contributed by atoms with Crippen LogP contribution in [-0.4, -0.2) is 17.0 Å². The maximum absolute atomic E-state index is 11.6. The Bertz CT molecular complexity index is 491. The number of nitrogens with zero attached hydrogens (tertiary/aromatic N) is 1. The van der Waals surface area contributed by atoms with Gasteiger partial charge in [-0.05, 0) is 24.1 Å². The average molecular weight is 246 g/mol. The molecule has 0 aliphatic rings. The third-order valence-electron chi connectivity index (χ3n) is 2.33. The summed E-state index contributed by atoms with van der Waals surface area (Å²) >= 11 is 0. The second kappa shape index (κ2) is 6.40. The molecule has 18 heavy (non-hydrogen) atoms. The molecule has 0 heterocycles. The quantitative estimate of drug-likeness (QED) is 0.831. The molecule has 1 aromatic rings. The highest BCUT2D eigenvalue weighted by atomic mass is 16.4. The summed E-state index contributed by atoms with van der Waals surface area (Å²) in [6.07, 6.45) is 0.106. The topological polar surface area (TPSA) is 90.2 Å². The average Bonchev–Trinajstić information content (AvgIpc) is 2.27. The van der Waals surface area contributed by atoms with Crippen molar-refractivity contribution in [1.82, 2.24) is 0 Å². The predicted octanol–water partition coefficient (Wildman–Crippen LogP) is 2.00. The summed E-state index contributed by atoms with van der Waals surface area (Å²) in [5.41, 5.74) is 1.01. The van der Waals surface area contributed by atoms with Gasteiger partial charge in [0, 0.05) is 18.5 Å². The highest BCUT2D eigenvalue weighted by molar-refractivity contribution is 5.91. The van der Waals surface area contributed by atoms with Crippen molar-refractivity contribution in [2.75, 3.05) is 5.32 Å². The van der Waals surface area contributed by atoms with E-state index in [-0.39, 0.29) is 24.7 Å². The zero-order valence-electron chi connectivity index (χ0n) is 10.0. The van der Waals surface area contributed by atoms with E-state index in [2.05, 4.69) is 5.32 Å². The van der Waals surface area contributed by atoms with E-state index in [4.69, 9.17) is 10.4 Å². The number of carbonyl (C=O) groups is 2. The number of benzene rings is 1. The van der Waals surface area contributed by atoms with Gasteiger partial charge in [-0.15, -0.1) is 0 Å². The Morgan fingerprint density at radius 3 is 2.78 bits per heavy atom. The number of aliphatic carboxylic acids is 1. The second-order valence-electron chi connectivity index (χ2n) is 4.15. The Balaban J connectivity index is 2.54. The molecule has 0 bridgehead atoms. The van der Waals surface area contributed by atoms with Crippen LogP contribution in [0.1, 0.15) is 25.3 Å². The van der Waals surface area contributed by atoms with Crippen molar-refractivity contribution in [3.63, 3.8) is 0 Å². The Kier molecular flexibility index (Phi) is 4.88. The lowest BCUT2D eigenvalue weighted by Crippen LogP contribution is -2.16. The molecule has 94 valence electrons. The minimum atomic E-state index is -0.915. The van der Waals surface area contributed by atoms with Crippen LogP contribution in [0.5, 0.6) is 0 Å². The highest BCUT2D eigenvalue weighted by Gasteiger charge is 2.12. The van der Waals surface area contributed by atoms with Gasteiger partial charge in [-0.2, -0.15) is 5.26 Å². The van der Waals surface area contributed by atoms with Gasteiger partial charge < -0.3 is 10.4 Å². The first-order valence-electron chi connectivity index (χ1n) is 5.53. The minimum absolute atomic E-state index is 0.0361. The van der Waals surface area contributed by atoms with Gasteiger partial charge in [-0.3, -0.25) is 9.59 Å². The van der Waals surface area contributed by atoms with Gasteiger partial charge in [0.05, 0.1) is 11.6 Å². The Hall–Kier alpha value is -2.35. The molecule has 0 unspecified atom stereocenters. The lowest BCUT2D eigenvalue weighted by molar-refractivity contribution is -0.138. The van der Waals surface area contributed by atoms with E-state index in [0.717, 1.165) is 0 Å². The van der Waals surface area contributed by atoms with Crippen molar-refractivity contribution in [3.8, 4) is 6.07 Å². The standard InChI is InChI=1S/C13H14N2O3/c1-9(6-13(17)18)5-12(16)15-11-4-2-3-10(7-11)8-14/h2-4,7,9H,5-6H2,1H3,(H,15,16)(H,17,18)/t9-/m1/s1. The fraction of sp³-hybridized carbons (Fsp3) is 0.308. The molecule has 0 spiro atoms. The fourth-order valence-electron chi connectivity index (χ4n) is 1.57. The van der Waals surface area contributed by atoms with Gasteiger partial charge in [0.15, 0.2) is 0 Å². The molecule has 0 aliphatic heterocycles. The molecule has 1 amide bonds. The van der Waals surface area contributed by atoms with Crippen LogP contribution in [-0.2, 0) is 9.59 Å². The number of anilines is 1. The number of nitriles is 1. The van der Waals surface area contributed by atoms with Crippen LogP contribution in [0.4, 0.5) is 5.69 Å². The van der Waals surface area contributed by atoms with Crippen LogP contribution in [0.3, 0.4) is 0 Å². The Morgan fingerprint density at radius 2 is 2.17 bits per heavy atom. The molecule has 5 nitrogen and oxygen atoms in total. The summed E-state index contributed by atoms with van der Waals surface area (Å²) < 4.78 is 0. The summed E-state index contributed by atoms with van der Waals surface area (Å²) in [5, 5.41) is 19.9. The molecule has 0 saturated heterocycles. The molecule has 0 saturated carbocycles. The third kappa shape index (κ3) is 4.66. The van der Waals surface area contributed by atoms with E-state index >= 15 is 0 Å². The lowest BCUT2D eigenvalue weighted by atomic mass is 10.0. The molecular formula is C13H14N2O3. The molecule has 0 aliphatic carbocycles. The third-order valence-corrected chi connectivity index (χ3v) is 2.33. The summed E-state index contributed by atoms with van der Waals surface area (Å²) in [7, 11) is 0. The molecule has 5 heteroatoms. The van der Waals surface area contributed by atoms with Gasteiger partial charge in [-0.1, -0.05) is 13.0 Å². The Labute approximate surface area is 105 Å². The van der Waals surface area contributed by atoms with Crippen LogP contribution in [0.2, 0.25) is 0 Å². The number of rotatable bonds is 5. The zero-order chi connectivity index (χ0) is 13.5. The van der Waals surface area contributed by atoms with Crippen molar-refractivity contribution >= 4 is 17.6 Å². The van der Waals surface area contributed by atoms with Crippen molar-refractivity contribution in [2.24, 2.45) is 5.92 Å². The van der Waals surface area contributed by atoms with Gasteiger partial charge in [0.25, 0.3) is 0 Å². The normalized spacial score (nSPS) is 11.3. The first-order chi connectivity index (χ1) is 8.51. The monoisotopic (exact) mass is 246 g/mol. The first kappa shape index (κ1) is 13.7. The van der Waals surface area contributed by atoms with Crippen molar-refractivity contribution < 1.29 is 14.7 Å². The summed E-state index contributed by atoms with van der Waals surface area (Å²) in [5.74, 6) is -1.39. The van der Waals surface area contributed by atoms with Gasteiger partial charge >= 0.3 is 5.97 Å². The SMILES string of the molecule is C[C@@H](CC(=O)O)CC(=O)Nc1cccc(C#N)c1. The highest BCUT2D eigenvalue weighted by Crippen LogP contribution is 2.13. The van der Waals surface area contributed by atoms with Crippen molar-refractivity contribution in [2.45, 2.75) is 19.8 Å². The molecule has 0 fully saturated rings. The van der Waals surface area contributed by atoms with E-state index < -0.39 is 5.97 Å². The van der Waals surface area contributed by atoms with Crippen LogP contribution in [0.25, 0.3) is 0 Å². The molecule has 0 aromatic heterocycles. The maximum atomic E-state index is 11.6. The predicted molar refractivity (Wildman–Crippen MR) is 65.8 cm³/mol. The van der Waals surface area contributed by atoms with E-state index in [1.54, 1.807) is 31.2 Å². The largest absolute Gasteiger partial charge is 0.481 e. The number of nitrogens with one attached hydrogen (secondary N) is 1. The van der Waals surface area contributed by atoms with Crippen LogP contribution < -0.4 is 5.32 Å². The molecular weight excluding hydrogens is 232 g/mol. The maximum Gasteiger partial charge on any atom is 0.303 e. The van der Waals surface area contributed by atoms with E-state index in [9.17, 15) is 9.59 Å². The lowest BCUT2D eigenvalue weighted by Gasteiger charge is -2.09. The van der Waals surface area contributed by atoms with Crippen molar-refractivity contribution in [1.29, 1.82) is 5.26 Å². The van der Waals surface area contributed by atoms with Crippen molar-refractivity contribution in [3.05, 3.63) is 29.8 Å². The van der Waals surface area contributed by atoms with Crippen LogP contribution >= 0.6 is 0 Å². The summed E-state index contributed by atoms with van der Waals surface area (Å²) in [6.45, 7) is 1.71. The number of carboxylic acid groups (broad SMARTS) is 1. The molecule has 1 atom stereocenters.